The first-order valence-corrected chi connectivity index (χ1v) is 12.3. The van der Waals surface area contributed by atoms with Gasteiger partial charge >= 0.3 is 0 Å². The van der Waals surface area contributed by atoms with E-state index < -0.39 is 9.84 Å². The predicted molar refractivity (Wildman–Crippen MR) is 117 cm³/mol. The average molecular weight is 421 g/mol. The highest BCUT2D eigenvalue weighted by Crippen LogP contribution is 2.23. The van der Waals surface area contributed by atoms with Gasteiger partial charge < -0.3 is 9.80 Å². The number of nitrogens with zero attached hydrogens (tertiary/aromatic N) is 4. The van der Waals surface area contributed by atoms with E-state index in [1.54, 1.807) is 4.90 Å². The van der Waals surface area contributed by atoms with Crippen molar-refractivity contribution in [2.75, 3.05) is 49.2 Å². The SMILES string of the molecule is CCN(CC)CCN(C(=O)c1ccc(N2CCC(C)=N2)cc1)C1CCS(=O)(=O)C1. The number of hydrogen-bond acceptors (Lipinski definition) is 6. The normalized spacial score (nSPS) is 20.9. The molecule has 8 heteroatoms. The van der Waals surface area contributed by atoms with Crippen molar-refractivity contribution in [2.45, 2.75) is 39.7 Å². The Morgan fingerprint density at radius 1 is 1.17 bits per heavy atom. The number of likely N-dealkylation sites (N-methyl/N-ethyl adjacent to an activating group) is 1. The monoisotopic (exact) mass is 420 g/mol. The number of hydrogen-bond donors (Lipinski definition) is 0. The van der Waals surface area contributed by atoms with Crippen LogP contribution in [0.3, 0.4) is 0 Å². The van der Waals surface area contributed by atoms with Crippen LogP contribution in [0.25, 0.3) is 0 Å². The van der Waals surface area contributed by atoms with Crippen molar-refractivity contribution in [3.63, 3.8) is 0 Å². The highest BCUT2D eigenvalue weighted by Gasteiger charge is 2.35. The Kier molecular flexibility index (Phi) is 6.95. The number of rotatable bonds is 8. The minimum atomic E-state index is -3.06. The topological polar surface area (TPSA) is 73.3 Å². The lowest BCUT2D eigenvalue weighted by atomic mass is 10.1. The molecule has 2 aliphatic heterocycles. The highest BCUT2D eigenvalue weighted by atomic mass is 32.2. The molecule has 1 fully saturated rings. The molecule has 0 N–H and O–H groups in total. The van der Waals surface area contributed by atoms with Crippen molar-refractivity contribution in [2.24, 2.45) is 5.10 Å². The Hall–Kier alpha value is -1.93. The lowest BCUT2D eigenvalue weighted by Gasteiger charge is -2.31. The lowest BCUT2D eigenvalue weighted by molar-refractivity contribution is 0.0674. The van der Waals surface area contributed by atoms with Crippen LogP contribution in [0.15, 0.2) is 29.4 Å². The summed E-state index contributed by atoms with van der Waals surface area (Å²) in [4.78, 5) is 17.3. The molecule has 0 bridgehead atoms. The molecule has 7 nitrogen and oxygen atoms in total. The molecule has 0 spiro atoms. The first-order valence-electron chi connectivity index (χ1n) is 10.5. The third-order valence-electron chi connectivity index (χ3n) is 5.85. The molecule has 1 saturated heterocycles. The van der Waals surface area contributed by atoms with Gasteiger partial charge in [0.1, 0.15) is 0 Å². The number of benzene rings is 1. The summed E-state index contributed by atoms with van der Waals surface area (Å²) in [5.41, 5.74) is 2.67. The summed E-state index contributed by atoms with van der Waals surface area (Å²) in [7, 11) is -3.06. The van der Waals surface area contributed by atoms with Crippen molar-refractivity contribution < 1.29 is 13.2 Å². The smallest absolute Gasteiger partial charge is 0.254 e. The molecule has 1 aromatic rings. The van der Waals surface area contributed by atoms with E-state index in [1.807, 2.05) is 36.2 Å². The molecule has 1 amide bonds. The van der Waals surface area contributed by atoms with Crippen LogP contribution in [-0.2, 0) is 9.84 Å². The molecule has 2 heterocycles. The molecule has 1 aromatic carbocycles. The molecular weight excluding hydrogens is 388 g/mol. The van der Waals surface area contributed by atoms with E-state index in [2.05, 4.69) is 23.8 Å². The maximum Gasteiger partial charge on any atom is 0.254 e. The molecule has 29 heavy (non-hydrogen) atoms. The zero-order chi connectivity index (χ0) is 21.0. The Morgan fingerprint density at radius 2 is 1.86 bits per heavy atom. The van der Waals surface area contributed by atoms with Crippen molar-refractivity contribution >= 4 is 27.1 Å². The number of anilines is 1. The fourth-order valence-electron chi connectivity index (χ4n) is 3.96. The Balaban J connectivity index is 1.76. The van der Waals surface area contributed by atoms with Gasteiger partial charge in [0.25, 0.3) is 5.91 Å². The Bertz CT molecular complexity index is 847. The van der Waals surface area contributed by atoms with Crippen molar-refractivity contribution in [3.8, 4) is 0 Å². The number of hydrazone groups is 1. The van der Waals surface area contributed by atoms with E-state index in [9.17, 15) is 13.2 Å². The second kappa shape index (κ2) is 9.26. The molecule has 0 aromatic heterocycles. The van der Waals surface area contributed by atoms with Crippen LogP contribution >= 0.6 is 0 Å². The van der Waals surface area contributed by atoms with E-state index in [4.69, 9.17) is 0 Å². The summed E-state index contributed by atoms with van der Waals surface area (Å²) in [5.74, 6) is 0.140. The van der Waals surface area contributed by atoms with Gasteiger partial charge in [-0.2, -0.15) is 5.10 Å². The molecule has 0 saturated carbocycles. The highest BCUT2D eigenvalue weighted by molar-refractivity contribution is 7.91. The van der Waals surface area contributed by atoms with Gasteiger partial charge in [0.2, 0.25) is 0 Å². The summed E-state index contributed by atoms with van der Waals surface area (Å²) in [5, 5.41) is 6.45. The maximum atomic E-state index is 13.3. The van der Waals surface area contributed by atoms with Gasteiger partial charge in [-0.15, -0.1) is 0 Å². The third-order valence-corrected chi connectivity index (χ3v) is 7.60. The first-order chi connectivity index (χ1) is 13.8. The summed E-state index contributed by atoms with van der Waals surface area (Å²) < 4.78 is 24.0. The van der Waals surface area contributed by atoms with Gasteiger partial charge in [0.05, 0.1) is 17.2 Å². The molecule has 2 aliphatic rings. The second-order valence-electron chi connectivity index (χ2n) is 7.84. The van der Waals surface area contributed by atoms with Gasteiger partial charge in [0, 0.05) is 43.4 Å². The van der Waals surface area contributed by atoms with Gasteiger partial charge in [-0.3, -0.25) is 9.80 Å². The molecule has 3 rings (SSSR count). The van der Waals surface area contributed by atoms with Crippen molar-refractivity contribution in [3.05, 3.63) is 29.8 Å². The number of sulfone groups is 1. The molecule has 0 aliphatic carbocycles. The second-order valence-corrected chi connectivity index (χ2v) is 10.1. The molecule has 160 valence electrons. The van der Waals surface area contributed by atoms with Gasteiger partial charge in [-0.1, -0.05) is 13.8 Å². The van der Waals surface area contributed by atoms with E-state index in [-0.39, 0.29) is 23.5 Å². The van der Waals surface area contributed by atoms with Crippen LogP contribution in [0.4, 0.5) is 5.69 Å². The minimum Gasteiger partial charge on any atom is -0.333 e. The summed E-state index contributed by atoms with van der Waals surface area (Å²) in [6.07, 6.45) is 1.47. The van der Waals surface area contributed by atoms with Crippen LogP contribution in [0, 0.1) is 0 Å². The van der Waals surface area contributed by atoms with E-state index in [0.29, 0.717) is 18.5 Å². The molecule has 0 radical (unpaired) electrons. The largest absolute Gasteiger partial charge is 0.333 e. The van der Waals surface area contributed by atoms with Gasteiger partial charge in [-0.05, 0) is 50.7 Å². The van der Waals surface area contributed by atoms with Crippen LogP contribution < -0.4 is 5.01 Å². The van der Waals surface area contributed by atoms with Crippen molar-refractivity contribution in [1.82, 2.24) is 9.80 Å². The minimum absolute atomic E-state index is 0.0663. The Labute approximate surface area is 174 Å². The third kappa shape index (κ3) is 5.36. The fraction of sp³-hybridized carbons (Fsp3) is 0.619. The zero-order valence-corrected chi connectivity index (χ0v) is 18.5. The quantitative estimate of drug-likeness (QED) is 0.645. The fourth-order valence-corrected chi connectivity index (χ4v) is 5.69. The van der Waals surface area contributed by atoms with Gasteiger partial charge in [-0.25, -0.2) is 8.42 Å². The van der Waals surface area contributed by atoms with Crippen LogP contribution in [-0.4, -0.2) is 80.1 Å². The number of amides is 1. The number of carbonyl (C=O) groups excluding carboxylic acids is 1. The van der Waals surface area contributed by atoms with Gasteiger partial charge in [0.15, 0.2) is 9.84 Å². The van der Waals surface area contributed by atoms with E-state index in [1.165, 1.54) is 0 Å². The molecule has 1 unspecified atom stereocenters. The average Bonchev–Trinajstić information content (AvgIpc) is 3.30. The Morgan fingerprint density at radius 3 is 2.38 bits per heavy atom. The van der Waals surface area contributed by atoms with Crippen molar-refractivity contribution in [1.29, 1.82) is 0 Å². The predicted octanol–water partition coefficient (Wildman–Crippen LogP) is 2.24. The summed E-state index contributed by atoms with van der Waals surface area (Å²) in [6, 6.07) is 7.25. The van der Waals surface area contributed by atoms with E-state index >= 15 is 0 Å². The summed E-state index contributed by atoms with van der Waals surface area (Å²) in [6.45, 7) is 10.2. The molecule has 1 atom stereocenters. The maximum absolute atomic E-state index is 13.3. The standard InChI is InChI=1S/C21H32N4O3S/c1-4-23(5-2)13-14-24(20-11-15-29(27,28)16-20)21(26)18-6-8-19(9-7-18)25-12-10-17(3)22-25/h6-9,20H,4-5,10-16H2,1-3H3. The van der Waals surface area contributed by atoms with E-state index in [0.717, 1.165) is 44.0 Å². The van der Waals surface area contributed by atoms with Crippen LogP contribution in [0.5, 0.6) is 0 Å². The van der Waals surface area contributed by atoms with Crippen LogP contribution in [0.2, 0.25) is 0 Å². The first kappa shape index (κ1) is 21.8. The van der Waals surface area contributed by atoms with Crippen LogP contribution in [0.1, 0.15) is 44.0 Å². The summed E-state index contributed by atoms with van der Waals surface area (Å²) >= 11 is 0. The lowest BCUT2D eigenvalue weighted by Crippen LogP contribution is -2.45. The molecular formula is C21H32N4O3S. The zero-order valence-electron chi connectivity index (χ0n) is 17.7. The number of carbonyl (C=O) groups is 1.